The maximum absolute atomic E-state index is 12.1. The first kappa shape index (κ1) is 20.8. The fourth-order valence-electron chi connectivity index (χ4n) is 2.63. The third kappa shape index (κ3) is 7.88. The van der Waals surface area contributed by atoms with Crippen LogP contribution in [0, 0.1) is 5.41 Å². The van der Waals surface area contributed by atoms with Crippen LogP contribution in [0.3, 0.4) is 0 Å². The summed E-state index contributed by atoms with van der Waals surface area (Å²) in [5, 5.41) is 0.817. The van der Waals surface area contributed by atoms with Gasteiger partial charge in [0.15, 0.2) is 0 Å². The smallest absolute Gasteiger partial charge is 0.410 e. The molecule has 0 aromatic carbocycles. The zero-order valence-electron chi connectivity index (χ0n) is 15.7. The molecule has 0 saturated carbocycles. The number of carbonyl (C=O) groups excluding carboxylic acids is 1. The fraction of sp³-hybridized carbons (Fsp3) is 0.944. The van der Waals surface area contributed by atoms with E-state index in [1.165, 1.54) is 0 Å². The van der Waals surface area contributed by atoms with Crippen LogP contribution in [0.25, 0.3) is 0 Å². The molecule has 0 aromatic rings. The summed E-state index contributed by atoms with van der Waals surface area (Å²) in [6.07, 6.45) is 3.73. The molecular weight excluding hydrogens is 358 g/mol. The lowest BCUT2D eigenvalue weighted by Gasteiger charge is -2.41. The lowest BCUT2D eigenvalue weighted by Crippen LogP contribution is -2.50. The van der Waals surface area contributed by atoms with Crippen molar-refractivity contribution in [3.63, 3.8) is 0 Å². The van der Waals surface area contributed by atoms with E-state index in [1.54, 1.807) is 4.90 Å². The van der Waals surface area contributed by atoms with Crippen LogP contribution in [0.2, 0.25) is 0 Å². The van der Waals surface area contributed by atoms with E-state index in [9.17, 15) is 4.79 Å². The molecule has 4 nitrogen and oxygen atoms in total. The summed E-state index contributed by atoms with van der Waals surface area (Å²) in [6, 6.07) is 0. The molecule has 5 heteroatoms. The van der Waals surface area contributed by atoms with E-state index < -0.39 is 5.60 Å². The zero-order valence-corrected chi connectivity index (χ0v) is 17.3. The largest absolute Gasteiger partial charge is 0.444 e. The van der Waals surface area contributed by atoms with Gasteiger partial charge in [0.2, 0.25) is 0 Å². The number of nitrogens with zero attached hydrogens (tertiary/aromatic N) is 1. The van der Waals surface area contributed by atoms with E-state index in [2.05, 4.69) is 36.7 Å². The Labute approximate surface area is 150 Å². The second-order valence-corrected chi connectivity index (χ2v) is 9.36. The Kier molecular flexibility index (Phi) is 7.39. The van der Waals surface area contributed by atoms with E-state index in [0.717, 1.165) is 37.6 Å². The molecule has 1 aliphatic rings. The molecule has 0 atom stereocenters. The van der Waals surface area contributed by atoms with Crippen LogP contribution in [0.15, 0.2) is 0 Å². The molecule has 0 aromatic heterocycles. The minimum atomic E-state index is -0.440. The number of amides is 1. The van der Waals surface area contributed by atoms with Crippen molar-refractivity contribution in [1.29, 1.82) is 0 Å². The molecule has 0 radical (unpaired) electrons. The molecule has 1 saturated heterocycles. The summed E-state index contributed by atoms with van der Waals surface area (Å²) < 4.78 is 11.7. The van der Waals surface area contributed by atoms with Crippen LogP contribution in [-0.2, 0) is 9.47 Å². The van der Waals surface area contributed by atoms with E-state index in [1.807, 2.05) is 20.8 Å². The number of hydrogen-bond acceptors (Lipinski definition) is 3. The van der Waals surface area contributed by atoms with Crippen LogP contribution in [0.4, 0.5) is 4.79 Å². The van der Waals surface area contributed by atoms with E-state index in [-0.39, 0.29) is 11.7 Å². The molecule has 1 amide bonds. The Morgan fingerprint density at radius 2 is 1.70 bits per heavy atom. The Bertz CT molecular complexity index is 377. The summed E-state index contributed by atoms with van der Waals surface area (Å²) in [6.45, 7) is 14.6. The molecule has 1 heterocycles. The quantitative estimate of drug-likeness (QED) is 0.489. The van der Waals surface area contributed by atoms with Gasteiger partial charge in [0.25, 0.3) is 0 Å². The number of rotatable bonds is 5. The van der Waals surface area contributed by atoms with Gasteiger partial charge in [0.1, 0.15) is 5.60 Å². The first-order valence-corrected chi connectivity index (χ1v) is 9.76. The molecule has 0 N–H and O–H groups in total. The second kappa shape index (κ2) is 8.19. The average Bonchev–Trinajstić information content (AvgIpc) is 2.41. The van der Waals surface area contributed by atoms with Crippen molar-refractivity contribution in [2.75, 3.05) is 25.0 Å². The molecule has 1 aliphatic heterocycles. The Morgan fingerprint density at radius 3 is 2.13 bits per heavy atom. The van der Waals surface area contributed by atoms with Gasteiger partial charge in [0.05, 0.1) is 5.60 Å². The van der Waals surface area contributed by atoms with Gasteiger partial charge in [-0.15, -0.1) is 0 Å². The van der Waals surface area contributed by atoms with Crippen LogP contribution >= 0.6 is 15.9 Å². The monoisotopic (exact) mass is 391 g/mol. The first-order valence-electron chi connectivity index (χ1n) is 8.64. The topological polar surface area (TPSA) is 38.8 Å². The summed E-state index contributed by atoms with van der Waals surface area (Å²) in [7, 11) is 0. The third-order valence-electron chi connectivity index (χ3n) is 4.05. The average molecular weight is 392 g/mol. The van der Waals surface area contributed by atoms with Crippen molar-refractivity contribution in [3.8, 4) is 0 Å². The lowest BCUT2D eigenvalue weighted by molar-refractivity contribution is -0.0706. The maximum atomic E-state index is 12.1. The van der Waals surface area contributed by atoms with Crippen LogP contribution in [0.5, 0.6) is 0 Å². The fourth-order valence-corrected chi connectivity index (χ4v) is 3.35. The van der Waals surface area contributed by atoms with Crippen molar-refractivity contribution in [3.05, 3.63) is 0 Å². The third-order valence-corrected chi connectivity index (χ3v) is 5.07. The van der Waals surface area contributed by atoms with E-state index in [4.69, 9.17) is 9.47 Å². The Morgan fingerprint density at radius 1 is 1.13 bits per heavy atom. The van der Waals surface area contributed by atoms with Gasteiger partial charge in [0, 0.05) is 25.0 Å². The van der Waals surface area contributed by atoms with E-state index >= 15 is 0 Å². The van der Waals surface area contributed by atoms with Crippen LogP contribution in [-0.4, -0.2) is 47.2 Å². The van der Waals surface area contributed by atoms with Crippen molar-refractivity contribution in [2.45, 2.75) is 78.4 Å². The molecule has 0 bridgehead atoms. The standard InChI is InChI=1S/C18H34BrNO3/c1-16(2,3)8-7-13-22-18(14-19)9-11-20(12-10-18)15(21)23-17(4,5)6/h7-14H2,1-6H3. The van der Waals surface area contributed by atoms with Crippen molar-refractivity contribution in [1.82, 2.24) is 4.90 Å². The predicted octanol–water partition coefficient (Wildman–Crippen LogP) is 4.99. The molecule has 23 heavy (non-hydrogen) atoms. The van der Waals surface area contributed by atoms with Gasteiger partial charge < -0.3 is 14.4 Å². The van der Waals surface area contributed by atoms with Gasteiger partial charge in [-0.3, -0.25) is 0 Å². The van der Waals surface area contributed by atoms with Gasteiger partial charge in [-0.25, -0.2) is 4.79 Å². The number of hydrogen-bond donors (Lipinski definition) is 0. The highest BCUT2D eigenvalue weighted by molar-refractivity contribution is 9.09. The maximum Gasteiger partial charge on any atom is 0.410 e. The van der Waals surface area contributed by atoms with Gasteiger partial charge in [-0.05, 0) is 51.9 Å². The molecule has 0 spiro atoms. The van der Waals surface area contributed by atoms with Gasteiger partial charge >= 0.3 is 6.09 Å². The number of carbonyl (C=O) groups is 1. The van der Waals surface area contributed by atoms with Crippen molar-refractivity contribution in [2.24, 2.45) is 5.41 Å². The van der Waals surface area contributed by atoms with Crippen molar-refractivity contribution >= 4 is 22.0 Å². The molecule has 1 rings (SSSR count). The Balaban J connectivity index is 2.42. The normalized spacial score (nSPS) is 18.8. The summed E-state index contributed by atoms with van der Waals surface area (Å²) in [5.74, 6) is 0. The highest BCUT2D eigenvalue weighted by atomic mass is 79.9. The molecule has 136 valence electrons. The van der Waals surface area contributed by atoms with Gasteiger partial charge in [-0.1, -0.05) is 36.7 Å². The molecule has 0 unspecified atom stereocenters. The number of piperidine rings is 1. The summed E-state index contributed by atoms with van der Waals surface area (Å²) in [5.41, 5.74) is -0.230. The highest BCUT2D eigenvalue weighted by Gasteiger charge is 2.37. The SMILES string of the molecule is CC(C)(C)CCCOC1(CBr)CCN(C(=O)OC(C)(C)C)CC1. The highest BCUT2D eigenvalue weighted by Crippen LogP contribution is 2.30. The molecule has 1 fully saturated rings. The minimum absolute atomic E-state index is 0.142. The number of halogens is 1. The van der Waals surface area contributed by atoms with Crippen molar-refractivity contribution < 1.29 is 14.3 Å². The second-order valence-electron chi connectivity index (χ2n) is 8.80. The first-order chi connectivity index (χ1) is 10.5. The number of alkyl halides is 1. The van der Waals surface area contributed by atoms with Crippen LogP contribution in [0.1, 0.15) is 67.2 Å². The summed E-state index contributed by atoms with van der Waals surface area (Å²) in [4.78, 5) is 13.9. The predicted molar refractivity (Wildman–Crippen MR) is 98.2 cm³/mol. The van der Waals surface area contributed by atoms with Crippen LogP contribution < -0.4 is 0 Å². The minimum Gasteiger partial charge on any atom is -0.444 e. The molecule has 0 aliphatic carbocycles. The van der Waals surface area contributed by atoms with Gasteiger partial charge in [-0.2, -0.15) is 0 Å². The summed E-state index contributed by atoms with van der Waals surface area (Å²) >= 11 is 3.61. The Hall–Kier alpha value is -0.290. The number of likely N-dealkylation sites (tertiary alicyclic amines) is 1. The molecular formula is C18H34BrNO3. The lowest BCUT2D eigenvalue weighted by atomic mass is 9.90. The zero-order chi connectivity index (χ0) is 17.7. The van der Waals surface area contributed by atoms with E-state index in [0.29, 0.717) is 18.5 Å². The number of ether oxygens (including phenoxy) is 2.